The highest BCUT2D eigenvalue weighted by atomic mass is 19.2. The SMILES string of the molecule is Cc1cccnc1CNCC1(O)CCCN(Cc2cccc(F)c2F)C1=O. The molecule has 0 spiro atoms. The number of carbonyl (C=O) groups excluding carboxylic acids is 1. The van der Waals surface area contributed by atoms with Gasteiger partial charge in [-0.2, -0.15) is 0 Å². The van der Waals surface area contributed by atoms with Crippen molar-refractivity contribution in [2.24, 2.45) is 0 Å². The zero-order valence-corrected chi connectivity index (χ0v) is 15.2. The number of piperidine rings is 1. The van der Waals surface area contributed by atoms with Gasteiger partial charge in [0.15, 0.2) is 17.2 Å². The number of aryl methyl sites for hydroxylation is 1. The fourth-order valence-electron chi connectivity index (χ4n) is 3.35. The molecule has 3 rings (SSSR count). The van der Waals surface area contributed by atoms with Gasteiger partial charge in [-0.25, -0.2) is 8.78 Å². The van der Waals surface area contributed by atoms with Crippen molar-refractivity contribution in [3.05, 3.63) is 65.0 Å². The molecule has 1 aliphatic rings. The molecule has 2 aromatic rings. The van der Waals surface area contributed by atoms with Gasteiger partial charge in [0, 0.05) is 37.9 Å². The number of aromatic nitrogens is 1. The first-order valence-corrected chi connectivity index (χ1v) is 8.96. The zero-order valence-electron chi connectivity index (χ0n) is 15.2. The van der Waals surface area contributed by atoms with Gasteiger partial charge in [-0.3, -0.25) is 9.78 Å². The van der Waals surface area contributed by atoms with Crippen LogP contribution in [0.25, 0.3) is 0 Å². The maximum absolute atomic E-state index is 13.9. The molecule has 2 N–H and O–H groups in total. The molecule has 1 amide bonds. The first-order chi connectivity index (χ1) is 12.9. The predicted molar refractivity (Wildman–Crippen MR) is 96.6 cm³/mol. The summed E-state index contributed by atoms with van der Waals surface area (Å²) < 4.78 is 27.3. The van der Waals surface area contributed by atoms with E-state index in [1.54, 1.807) is 6.20 Å². The Balaban J connectivity index is 1.64. The molecule has 5 nitrogen and oxygen atoms in total. The van der Waals surface area contributed by atoms with E-state index in [2.05, 4.69) is 10.3 Å². The van der Waals surface area contributed by atoms with Crippen LogP contribution in [0.15, 0.2) is 36.5 Å². The van der Waals surface area contributed by atoms with Crippen LogP contribution in [-0.4, -0.2) is 39.6 Å². The molecule has 1 unspecified atom stereocenters. The topological polar surface area (TPSA) is 65.5 Å². The normalized spacial score (nSPS) is 20.1. The van der Waals surface area contributed by atoms with Gasteiger partial charge in [-0.15, -0.1) is 0 Å². The molecule has 0 aliphatic carbocycles. The lowest BCUT2D eigenvalue weighted by Crippen LogP contribution is -2.57. The van der Waals surface area contributed by atoms with Crippen molar-refractivity contribution in [3.63, 3.8) is 0 Å². The number of aliphatic hydroxyl groups is 1. The van der Waals surface area contributed by atoms with Crippen molar-refractivity contribution in [3.8, 4) is 0 Å². The molecule has 1 atom stereocenters. The van der Waals surface area contributed by atoms with Crippen LogP contribution in [-0.2, 0) is 17.9 Å². The Kier molecular flexibility index (Phi) is 5.82. The van der Waals surface area contributed by atoms with Crippen LogP contribution >= 0.6 is 0 Å². The third-order valence-electron chi connectivity index (χ3n) is 4.92. The third-order valence-corrected chi connectivity index (χ3v) is 4.92. The van der Waals surface area contributed by atoms with Gasteiger partial charge in [-0.1, -0.05) is 18.2 Å². The number of nitrogens with zero attached hydrogens (tertiary/aromatic N) is 2. The number of hydrogen-bond donors (Lipinski definition) is 2. The van der Waals surface area contributed by atoms with Gasteiger partial charge in [0.25, 0.3) is 5.91 Å². The van der Waals surface area contributed by atoms with Crippen molar-refractivity contribution in [2.45, 2.75) is 38.5 Å². The predicted octanol–water partition coefficient (Wildman–Crippen LogP) is 2.31. The van der Waals surface area contributed by atoms with Crippen LogP contribution in [0.4, 0.5) is 8.78 Å². The number of pyridine rings is 1. The Bertz CT molecular complexity index is 831. The molecule has 1 aliphatic heterocycles. The van der Waals surface area contributed by atoms with E-state index in [1.807, 2.05) is 19.1 Å². The molecule has 0 saturated carbocycles. The average Bonchev–Trinajstić information content (AvgIpc) is 2.64. The standard InChI is InChI=1S/C20H23F2N3O2/c1-14-5-3-9-24-17(14)11-23-13-20(27)8-4-10-25(19(20)26)12-15-6-2-7-16(21)18(15)22/h2-3,5-7,9,23,27H,4,8,10-13H2,1H3. The molecule has 144 valence electrons. The Morgan fingerprint density at radius 1 is 1.30 bits per heavy atom. The van der Waals surface area contributed by atoms with Crippen LogP contribution in [0.3, 0.4) is 0 Å². The van der Waals surface area contributed by atoms with E-state index in [0.717, 1.165) is 17.3 Å². The van der Waals surface area contributed by atoms with Crippen molar-refractivity contribution in [1.29, 1.82) is 0 Å². The summed E-state index contributed by atoms with van der Waals surface area (Å²) in [7, 11) is 0. The van der Waals surface area contributed by atoms with Gasteiger partial charge >= 0.3 is 0 Å². The average molecular weight is 375 g/mol. The van der Waals surface area contributed by atoms with Crippen LogP contribution < -0.4 is 5.32 Å². The van der Waals surface area contributed by atoms with E-state index in [0.29, 0.717) is 25.9 Å². The molecule has 7 heteroatoms. The van der Waals surface area contributed by atoms with Gasteiger partial charge in [0.05, 0.1) is 5.69 Å². The van der Waals surface area contributed by atoms with E-state index in [9.17, 15) is 18.7 Å². The molecule has 1 saturated heterocycles. The van der Waals surface area contributed by atoms with Crippen molar-refractivity contribution >= 4 is 5.91 Å². The fourth-order valence-corrected chi connectivity index (χ4v) is 3.35. The molecule has 0 radical (unpaired) electrons. The lowest BCUT2D eigenvalue weighted by atomic mass is 9.91. The lowest BCUT2D eigenvalue weighted by molar-refractivity contribution is -0.157. The second kappa shape index (κ2) is 8.10. The maximum Gasteiger partial charge on any atom is 0.256 e. The second-order valence-electron chi connectivity index (χ2n) is 6.95. The van der Waals surface area contributed by atoms with Gasteiger partial charge in [-0.05, 0) is 37.5 Å². The summed E-state index contributed by atoms with van der Waals surface area (Å²) in [5, 5.41) is 13.9. The summed E-state index contributed by atoms with van der Waals surface area (Å²) in [6.07, 6.45) is 2.60. The number of hydrogen-bond acceptors (Lipinski definition) is 4. The minimum Gasteiger partial charge on any atom is -0.379 e. The highest BCUT2D eigenvalue weighted by Gasteiger charge is 2.42. The molecule has 2 heterocycles. The van der Waals surface area contributed by atoms with Gasteiger partial charge in [0.1, 0.15) is 0 Å². The molecule has 0 bridgehead atoms. The van der Waals surface area contributed by atoms with Gasteiger partial charge < -0.3 is 15.3 Å². The minimum absolute atomic E-state index is 0.0654. The number of rotatable bonds is 6. The lowest BCUT2D eigenvalue weighted by Gasteiger charge is -2.38. The third kappa shape index (κ3) is 4.31. The van der Waals surface area contributed by atoms with Crippen molar-refractivity contribution in [1.82, 2.24) is 15.2 Å². The molecule has 1 fully saturated rings. The van der Waals surface area contributed by atoms with E-state index in [4.69, 9.17) is 0 Å². The number of likely N-dealkylation sites (tertiary alicyclic amines) is 1. The summed E-state index contributed by atoms with van der Waals surface area (Å²) >= 11 is 0. The molecule has 1 aromatic carbocycles. The number of amides is 1. The minimum atomic E-state index is -1.56. The number of carbonyl (C=O) groups is 1. The Morgan fingerprint density at radius 3 is 2.89 bits per heavy atom. The summed E-state index contributed by atoms with van der Waals surface area (Å²) in [5.74, 6) is -2.37. The Labute approximate surface area is 157 Å². The van der Waals surface area contributed by atoms with E-state index in [-0.39, 0.29) is 18.7 Å². The van der Waals surface area contributed by atoms with Crippen LogP contribution in [0.5, 0.6) is 0 Å². The highest BCUT2D eigenvalue weighted by Crippen LogP contribution is 2.25. The summed E-state index contributed by atoms with van der Waals surface area (Å²) in [5.41, 5.74) is 0.410. The number of halogens is 2. The monoisotopic (exact) mass is 375 g/mol. The largest absolute Gasteiger partial charge is 0.379 e. The van der Waals surface area contributed by atoms with E-state index >= 15 is 0 Å². The first kappa shape index (κ1) is 19.4. The second-order valence-corrected chi connectivity index (χ2v) is 6.95. The molecular weight excluding hydrogens is 352 g/mol. The highest BCUT2D eigenvalue weighted by molar-refractivity contribution is 5.86. The van der Waals surface area contributed by atoms with Crippen LogP contribution in [0.1, 0.15) is 29.7 Å². The molecular formula is C20H23F2N3O2. The zero-order chi connectivity index (χ0) is 19.4. The summed E-state index contributed by atoms with van der Waals surface area (Å²) in [6.45, 7) is 2.78. The molecule has 1 aromatic heterocycles. The van der Waals surface area contributed by atoms with Crippen LogP contribution in [0, 0.1) is 18.6 Å². The van der Waals surface area contributed by atoms with Crippen molar-refractivity contribution < 1.29 is 18.7 Å². The smallest absolute Gasteiger partial charge is 0.256 e. The van der Waals surface area contributed by atoms with Gasteiger partial charge in [0.2, 0.25) is 0 Å². The van der Waals surface area contributed by atoms with Crippen LogP contribution in [0.2, 0.25) is 0 Å². The van der Waals surface area contributed by atoms with E-state index in [1.165, 1.54) is 17.0 Å². The van der Waals surface area contributed by atoms with Crippen molar-refractivity contribution in [2.75, 3.05) is 13.1 Å². The quantitative estimate of drug-likeness (QED) is 0.813. The molecule has 27 heavy (non-hydrogen) atoms. The number of benzene rings is 1. The number of nitrogens with one attached hydrogen (secondary N) is 1. The maximum atomic E-state index is 13.9. The summed E-state index contributed by atoms with van der Waals surface area (Å²) in [6, 6.07) is 7.68. The Hall–Kier alpha value is -2.38. The first-order valence-electron chi connectivity index (χ1n) is 8.96. The Morgan fingerprint density at radius 2 is 2.11 bits per heavy atom. The van der Waals surface area contributed by atoms with E-state index < -0.39 is 23.1 Å². The summed E-state index contributed by atoms with van der Waals surface area (Å²) in [4.78, 5) is 18.4. The fraction of sp³-hybridized carbons (Fsp3) is 0.400.